The standard InChI is InChI=1S/C24H25NO5/c1-27-20-9-4-5-10-21(20)28-14-13-25-15-17(26)16-29-22-11-6-12-23-24(22)18-7-2-3-8-19(18)30-23/h2-12,17,25-26H,13-16H2,1H3. The number of hydrogen-bond donors (Lipinski definition) is 2. The number of benzene rings is 3. The van der Waals surface area contributed by atoms with Gasteiger partial charge in [0.15, 0.2) is 11.5 Å². The van der Waals surface area contributed by atoms with E-state index in [2.05, 4.69) is 5.32 Å². The van der Waals surface area contributed by atoms with Crippen molar-refractivity contribution in [2.24, 2.45) is 0 Å². The molecular weight excluding hydrogens is 382 g/mol. The molecule has 6 nitrogen and oxygen atoms in total. The lowest BCUT2D eigenvalue weighted by Crippen LogP contribution is -2.33. The molecule has 0 spiro atoms. The summed E-state index contributed by atoms with van der Waals surface area (Å²) in [4.78, 5) is 0. The molecule has 0 bridgehead atoms. The van der Waals surface area contributed by atoms with Crippen molar-refractivity contribution in [1.82, 2.24) is 5.32 Å². The fraction of sp³-hybridized carbons (Fsp3) is 0.250. The van der Waals surface area contributed by atoms with E-state index < -0.39 is 6.10 Å². The summed E-state index contributed by atoms with van der Waals surface area (Å²) < 4.78 is 22.7. The second kappa shape index (κ2) is 9.52. The van der Waals surface area contributed by atoms with E-state index in [4.69, 9.17) is 18.6 Å². The molecule has 0 radical (unpaired) electrons. The van der Waals surface area contributed by atoms with Crippen molar-refractivity contribution >= 4 is 21.9 Å². The third-order valence-corrected chi connectivity index (χ3v) is 4.78. The number of fused-ring (bicyclic) bond motifs is 3. The zero-order valence-corrected chi connectivity index (χ0v) is 16.8. The first-order valence-corrected chi connectivity index (χ1v) is 9.94. The average Bonchev–Trinajstić information content (AvgIpc) is 3.17. The van der Waals surface area contributed by atoms with E-state index in [-0.39, 0.29) is 6.61 Å². The molecule has 1 atom stereocenters. The molecular formula is C24H25NO5. The normalized spacial score (nSPS) is 12.2. The zero-order chi connectivity index (χ0) is 20.8. The molecule has 0 fully saturated rings. The van der Waals surface area contributed by atoms with Gasteiger partial charge in [0.05, 0.1) is 12.5 Å². The maximum atomic E-state index is 10.3. The van der Waals surface area contributed by atoms with Crippen LogP contribution in [0.25, 0.3) is 21.9 Å². The van der Waals surface area contributed by atoms with Crippen LogP contribution < -0.4 is 19.5 Å². The van der Waals surface area contributed by atoms with Gasteiger partial charge in [-0.15, -0.1) is 0 Å². The maximum Gasteiger partial charge on any atom is 0.161 e. The Kier molecular flexibility index (Phi) is 6.37. The maximum absolute atomic E-state index is 10.3. The number of aliphatic hydroxyl groups excluding tert-OH is 1. The summed E-state index contributed by atoms with van der Waals surface area (Å²) in [5.74, 6) is 2.11. The molecule has 6 heteroatoms. The molecule has 4 aromatic rings. The van der Waals surface area contributed by atoms with Crippen molar-refractivity contribution in [2.75, 3.05) is 33.4 Å². The third-order valence-electron chi connectivity index (χ3n) is 4.78. The van der Waals surface area contributed by atoms with Gasteiger partial charge in [-0.05, 0) is 30.3 Å². The van der Waals surface area contributed by atoms with Crippen LogP contribution in [0.2, 0.25) is 0 Å². The molecule has 156 valence electrons. The van der Waals surface area contributed by atoms with Gasteiger partial charge >= 0.3 is 0 Å². The van der Waals surface area contributed by atoms with Crippen molar-refractivity contribution < 1.29 is 23.7 Å². The van der Waals surface area contributed by atoms with Gasteiger partial charge in [-0.1, -0.05) is 36.4 Å². The first-order chi connectivity index (χ1) is 14.8. The van der Waals surface area contributed by atoms with Gasteiger partial charge in [0, 0.05) is 18.5 Å². The minimum absolute atomic E-state index is 0.180. The van der Waals surface area contributed by atoms with E-state index in [1.54, 1.807) is 7.11 Å². The molecule has 0 aliphatic rings. The number of rotatable bonds is 10. The van der Waals surface area contributed by atoms with Crippen LogP contribution in [0.4, 0.5) is 0 Å². The smallest absolute Gasteiger partial charge is 0.161 e. The lowest BCUT2D eigenvalue weighted by Gasteiger charge is -2.14. The highest BCUT2D eigenvalue weighted by Crippen LogP contribution is 2.35. The highest BCUT2D eigenvalue weighted by molar-refractivity contribution is 6.08. The van der Waals surface area contributed by atoms with Crippen LogP contribution in [0.3, 0.4) is 0 Å². The topological polar surface area (TPSA) is 73.1 Å². The van der Waals surface area contributed by atoms with Gasteiger partial charge < -0.3 is 29.1 Å². The molecule has 30 heavy (non-hydrogen) atoms. The highest BCUT2D eigenvalue weighted by Gasteiger charge is 2.13. The molecule has 4 rings (SSSR count). The van der Waals surface area contributed by atoms with Gasteiger partial charge in [0.25, 0.3) is 0 Å². The molecule has 1 heterocycles. The summed E-state index contributed by atoms with van der Waals surface area (Å²) in [6.07, 6.45) is -0.648. The third kappa shape index (κ3) is 4.50. The SMILES string of the molecule is COc1ccccc1OCCNCC(O)COc1cccc2oc3ccccc3c12. The number of aliphatic hydroxyl groups is 1. The number of para-hydroxylation sites is 3. The van der Waals surface area contributed by atoms with Crippen LogP contribution in [0.15, 0.2) is 71.1 Å². The largest absolute Gasteiger partial charge is 0.493 e. The number of methoxy groups -OCH3 is 1. The van der Waals surface area contributed by atoms with E-state index in [1.165, 1.54) is 0 Å². The minimum Gasteiger partial charge on any atom is -0.493 e. The second-order valence-corrected chi connectivity index (χ2v) is 6.90. The Morgan fingerprint density at radius 3 is 2.47 bits per heavy atom. The summed E-state index contributed by atoms with van der Waals surface area (Å²) in [6, 6.07) is 21.1. The van der Waals surface area contributed by atoms with E-state index in [9.17, 15) is 5.11 Å². The van der Waals surface area contributed by atoms with Gasteiger partial charge in [0.1, 0.15) is 36.2 Å². The fourth-order valence-electron chi connectivity index (χ4n) is 3.35. The van der Waals surface area contributed by atoms with Crippen LogP contribution in [0.1, 0.15) is 0 Å². The van der Waals surface area contributed by atoms with Crippen LogP contribution in [-0.4, -0.2) is 44.6 Å². The molecule has 1 aromatic heterocycles. The Morgan fingerprint density at radius 2 is 1.60 bits per heavy atom. The molecule has 1 unspecified atom stereocenters. The van der Waals surface area contributed by atoms with Crippen molar-refractivity contribution in [3.05, 3.63) is 66.7 Å². The zero-order valence-electron chi connectivity index (χ0n) is 16.8. The van der Waals surface area contributed by atoms with E-state index in [1.807, 2.05) is 66.7 Å². The van der Waals surface area contributed by atoms with Crippen LogP contribution in [0, 0.1) is 0 Å². The number of hydrogen-bond acceptors (Lipinski definition) is 6. The van der Waals surface area contributed by atoms with Crippen molar-refractivity contribution in [3.8, 4) is 17.2 Å². The summed E-state index contributed by atoms with van der Waals surface area (Å²) in [5.41, 5.74) is 1.59. The number of nitrogens with one attached hydrogen (secondary N) is 1. The molecule has 3 aromatic carbocycles. The molecule has 0 saturated carbocycles. The first-order valence-electron chi connectivity index (χ1n) is 9.94. The number of furan rings is 1. The van der Waals surface area contributed by atoms with Crippen LogP contribution in [0.5, 0.6) is 17.2 Å². The molecule has 0 aliphatic carbocycles. The van der Waals surface area contributed by atoms with Crippen molar-refractivity contribution in [2.45, 2.75) is 6.10 Å². The highest BCUT2D eigenvalue weighted by atomic mass is 16.5. The second-order valence-electron chi connectivity index (χ2n) is 6.90. The van der Waals surface area contributed by atoms with Crippen LogP contribution >= 0.6 is 0 Å². The van der Waals surface area contributed by atoms with E-state index in [0.717, 1.165) is 21.9 Å². The Labute approximate surface area is 175 Å². The minimum atomic E-state index is -0.648. The molecule has 2 N–H and O–H groups in total. The van der Waals surface area contributed by atoms with Crippen molar-refractivity contribution in [3.63, 3.8) is 0 Å². The fourth-order valence-corrected chi connectivity index (χ4v) is 3.35. The van der Waals surface area contributed by atoms with Crippen molar-refractivity contribution in [1.29, 1.82) is 0 Å². The quantitative estimate of drug-likeness (QED) is 0.387. The lowest BCUT2D eigenvalue weighted by molar-refractivity contribution is 0.106. The molecule has 0 aliphatic heterocycles. The van der Waals surface area contributed by atoms with Gasteiger partial charge in [-0.25, -0.2) is 0 Å². The summed E-state index contributed by atoms with van der Waals surface area (Å²) in [6.45, 7) is 1.64. The predicted octanol–water partition coefficient (Wildman–Crippen LogP) is 4.00. The molecule has 0 amide bonds. The Morgan fingerprint density at radius 1 is 0.867 bits per heavy atom. The van der Waals surface area contributed by atoms with E-state index in [0.29, 0.717) is 36.9 Å². The van der Waals surface area contributed by atoms with Crippen LogP contribution in [-0.2, 0) is 0 Å². The Bertz CT molecular complexity index is 1110. The predicted molar refractivity (Wildman–Crippen MR) is 117 cm³/mol. The summed E-state index contributed by atoms with van der Waals surface area (Å²) in [7, 11) is 1.61. The van der Waals surface area contributed by atoms with Gasteiger partial charge in [-0.3, -0.25) is 0 Å². The summed E-state index contributed by atoms with van der Waals surface area (Å²) in [5, 5.41) is 15.4. The van der Waals surface area contributed by atoms with Gasteiger partial charge in [-0.2, -0.15) is 0 Å². The summed E-state index contributed by atoms with van der Waals surface area (Å²) >= 11 is 0. The average molecular weight is 407 g/mol. The first kappa shape index (κ1) is 20.1. The van der Waals surface area contributed by atoms with E-state index >= 15 is 0 Å². The number of ether oxygens (including phenoxy) is 3. The molecule has 0 saturated heterocycles. The lowest BCUT2D eigenvalue weighted by atomic mass is 10.1. The Balaban J connectivity index is 1.26. The Hall–Kier alpha value is -3.22. The van der Waals surface area contributed by atoms with Gasteiger partial charge in [0.2, 0.25) is 0 Å². The monoisotopic (exact) mass is 407 g/mol.